The van der Waals surface area contributed by atoms with Crippen LogP contribution >= 0.6 is 11.8 Å². The average molecular weight is 400 g/mol. The van der Waals surface area contributed by atoms with Crippen LogP contribution in [-0.2, 0) is 4.74 Å². The van der Waals surface area contributed by atoms with Gasteiger partial charge in [-0.15, -0.1) is 11.8 Å². The molecule has 28 heavy (non-hydrogen) atoms. The Kier molecular flexibility index (Phi) is 6.95. The second-order valence-corrected chi connectivity index (χ2v) is 7.56. The SMILES string of the molecule is CSc1ccc(C)c(C(=O)Nc2ccc(NC(=O)NCC3CCCO3)cc2)c1. The van der Waals surface area contributed by atoms with Crippen molar-refractivity contribution in [2.45, 2.75) is 30.8 Å². The lowest BCUT2D eigenvalue weighted by Crippen LogP contribution is -2.35. The highest BCUT2D eigenvalue weighted by Crippen LogP contribution is 2.21. The third-order valence-corrected chi connectivity index (χ3v) is 5.33. The summed E-state index contributed by atoms with van der Waals surface area (Å²) in [6, 6.07) is 12.6. The summed E-state index contributed by atoms with van der Waals surface area (Å²) in [6.07, 6.45) is 4.11. The number of thioether (sulfide) groups is 1. The number of amides is 3. The lowest BCUT2D eigenvalue weighted by molar-refractivity contribution is 0.102. The molecule has 7 heteroatoms. The van der Waals surface area contributed by atoms with Crippen LogP contribution in [0.2, 0.25) is 0 Å². The maximum atomic E-state index is 12.6. The van der Waals surface area contributed by atoms with Crippen molar-refractivity contribution in [3.8, 4) is 0 Å². The van der Waals surface area contributed by atoms with Gasteiger partial charge < -0.3 is 20.7 Å². The minimum Gasteiger partial charge on any atom is -0.376 e. The number of nitrogens with one attached hydrogen (secondary N) is 3. The zero-order valence-electron chi connectivity index (χ0n) is 16.1. The fourth-order valence-electron chi connectivity index (χ4n) is 3.00. The molecule has 0 bridgehead atoms. The van der Waals surface area contributed by atoms with Gasteiger partial charge in [-0.3, -0.25) is 4.79 Å². The van der Waals surface area contributed by atoms with Gasteiger partial charge >= 0.3 is 6.03 Å². The molecule has 0 saturated carbocycles. The Morgan fingerprint density at radius 2 is 1.82 bits per heavy atom. The van der Waals surface area contributed by atoms with Crippen LogP contribution in [0.5, 0.6) is 0 Å². The van der Waals surface area contributed by atoms with Gasteiger partial charge in [0.2, 0.25) is 0 Å². The van der Waals surface area contributed by atoms with Gasteiger partial charge in [-0.25, -0.2) is 4.79 Å². The van der Waals surface area contributed by atoms with Crippen LogP contribution in [0.3, 0.4) is 0 Å². The maximum Gasteiger partial charge on any atom is 0.319 e. The molecule has 1 saturated heterocycles. The molecule has 0 spiro atoms. The minimum absolute atomic E-state index is 0.108. The molecule has 0 aromatic heterocycles. The van der Waals surface area contributed by atoms with Crippen LogP contribution in [0.4, 0.5) is 16.2 Å². The number of ether oxygens (including phenoxy) is 1. The molecular formula is C21H25N3O3S. The molecule has 1 heterocycles. The Morgan fingerprint density at radius 3 is 2.46 bits per heavy atom. The fourth-order valence-corrected chi connectivity index (χ4v) is 3.44. The van der Waals surface area contributed by atoms with Crippen molar-refractivity contribution in [2.75, 3.05) is 30.0 Å². The maximum absolute atomic E-state index is 12.6. The molecule has 2 aromatic rings. The number of anilines is 2. The molecule has 148 valence electrons. The summed E-state index contributed by atoms with van der Waals surface area (Å²) in [6.45, 7) is 3.19. The molecule has 6 nitrogen and oxygen atoms in total. The van der Waals surface area contributed by atoms with E-state index in [4.69, 9.17) is 4.74 Å². The number of hydrogen-bond donors (Lipinski definition) is 3. The highest BCUT2D eigenvalue weighted by atomic mass is 32.2. The van der Waals surface area contributed by atoms with Crippen molar-refractivity contribution in [3.05, 3.63) is 53.6 Å². The van der Waals surface area contributed by atoms with Crippen LogP contribution in [0.25, 0.3) is 0 Å². The zero-order chi connectivity index (χ0) is 19.9. The second-order valence-electron chi connectivity index (χ2n) is 6.68. The molecule has 2 aromatic carbocycles. The lowest BCUT2D eigenvalue weighted by atomic mass is 10.1. The Morgan fingerprint density at radius 1 is 1.11 bits per heavy atom. The van der Waals surface area contributed by atoms with Gasteiger partial charge in [-0.05, 0) is 68.0 Å². The van der Waals surface area contributed by atoms with Gasteiger partial charge in [-0.1, -0.05) is 6.07 Å². The molecule has 1 fully saturated rings. The standard InChI is InChI=1S/C21H25N3O3S/c1-14-5-10-18(28-2)12-19(14)20(25)23-15-6-8-16(9-7-15)24-21(26)22-13-17-4-3-11-27-17/h5-10,12,17H,3-4,11,13H2,1-2H3,(H,23,25)(H2,22,24,26). The van der Waals surface area contributed by atoms with E-state index in [0.717, 1.165) is 29.9 Å². The monoisotopic (exact) mass is 399 g/mol. The molecule has 3 N–H and O–H groups in total. The third kappa shape index (κ3) is 5.50. The number of carbonyl (C=O) groups excluding carboxylic acids is 2. The smallest absolute Gasteiger partial charge is 0.319 e. The number of benzene rings is 2. The summed E-state index contributed by atoms with van der Waals surface area (Å²) in [4.78, 5) is 25.6. The average Bonchev–Trinajstić information content (AvgIpc) is 3.22. The molecule has 3 amide bonds. The summed E-state index contributed by atoms with van der Waals surface area (Å²) in [7, 11) is 0. The van der Waals surface area contributed by atoms with Gasteiger partial charge in [0.05, 0.1) is 6.10 Å². The fraction of sp³-hybridized carbons (Fsp3) is 0.333. The van der Waals surface area contributed by atoms with Crippen molar-refractivity contribution in [1.82, 2.24) is 5.32 Å². The number of rotatable bonds is 6. The van der Waals surface area contributed by atoms with Gasteiger partial charge in [0, 0.05) is 35.0 Å². The molecule has 1 unspecified atom stereocenters. The van der Waals surface area contributed by atoms with Crippen LogP contribution in [0.1, 0.15) is 28.8 Å². The Hall–Kier alpha value is -2.51. The van der Waals surface area contributed by atoms with Gasteiger partial charge in [0.25, 0.3) is 5.91 Å². The van der Waals surface area contributed by atoms with E-state index in [2.05, 4.69) is 16.0 Å². The lowest BCUT2D eigenvalue weighted by Gasteiger charge is -2.12. The van der Waals surface area contributed by atoms with E-state index in [1.807, 2.05) is 31.4 Å². The first-order valence-corrected chi connectivity index (χ1v) is 10.5. The molecule has 0 aliphatic carbocycles. The predicted octanol–water partition coefficient (Wildman–Crippen LogP) is 4.27. The van der Waals surface area contributed by atoms with Crippen LogP contribution in [0, 0.1) is 6.92 Å². The zero-order valence-corrected chi connectivity index (χ0v) is 16.9. The summed E-state index contributed by atoms with van der Waals surface area (Å²) in [5.74, 6) is -0.150. The van der Waals surface area contributed by atoms with Gasteiger partial charge in [0.1, 0.15) is 0 Å². The Labute approximate surface area is 169 Å². The molecule has 1 atom stereocenters. The quantitative estimate of drug-likeness (QED) is 0.634. The largest absolute Gasteiger partial charge is 0.376 e. The van der Waals surface area contributed by atoms with Crippen molar-refractivity contribution >= 4 is 35.1 Å². The predicted molar refractivity (Wildman–Crippen MR) is 113 cm³/mol. The van der Waals surface area contributed by atoms with E-state index >= 15 is 0 Å². The summed E-state index contributed by atoms with van der Waals surface area (Å²) in [5.41, 5.74) is 2.91. The first-order valence-electron chi connectivity index (χ1n) is 9.27. The molecular weight excluding hydrogens is 374 g/mol. The van der Waals surface area contributed by atoms with E-state index in [9.17, 15) is 9.59 Å². The third-order valence-electron chi connectivity index (χ3n) is 4.60. The van der Waals surface area contributed by atoms with Crippen LogP contribution < -0.4 is 16.0 Å². The highest BCUT2D eigenvalue weighted by molar-refractivity contribution is 7.98. The first-order chi connectivity index (χ1) is 13.5. The summed E-state index contributed by atoms with van der Waals surface area (Å²) >= 11 is 1.60. The van der Waals surface area contributed by atoms with Crippen molar-refractivity contribution in [1.29, 1.82) is 0 Å². The second kappa shape index (κ2) is 9.61. The highest BCUT2D eigenvalue weighted by Gasteiger charge is 2.16. The first kappa shape index (κ1) is 20.2. The number of urea groups is 1. The minimum atomic E-state index is -0.267. The van der Waals surface area contributed by atoms with Gasteiger partial charge in [0.15, 0.2) is 0 Å². The van der Waals surface area contributed by atoms with E-state index in [0.29, 0.717) is 23.5 Å². The van der Waals surface area contributed by atoms with Crippen molar-refractivity contribution in [3.63, 3.8) is 0 Å². The molecule has 1 aliphatic rings. The topological polar surface area (TPSA) is 79.5 Å². The van der Waals surface area contributed by atoms with E-state index in [-0.39, 0.29) is 18.0 Å². The summed E-state index contributed by atoms with van der Waals surface area (Å²) < 4.78 is 5.48. The number of hydrogen-bond acceptors (Lipinski definition) is 4. The Balaban J connectivity index is 1.53. The van der Waals surface area contributed by atoms with Crippen LogP contribution in [0.15, 0.2) is 47.4 Å². The molecule has 0 radical (unpaired) electrons. The number of aryl methyl sites for hydroxylation is 1. The van der Waals surface area contributed by atoms with Crippen molar-refractivity contribution < 1.29 is 14.3 Å². The summed E-state index contributed by atoms with van der Waals surface area (Å²) in [5, 5.41) is 8.49. The van der Waals surface area contributed by atoms with Crippen molar-refractivity contribution in [2.24, 2.45) is 0 Å². The van der Waals surface area contributed by atoms with E-state index in [1.54, 1.807) is 36.0 Å². The van der Waals surface area contributed by atoms with Crippen LogP contribution in [-0.4, -0.2) is 37.4 Å². The number of carbonyl (C=O) groups is 2. The van der Waals surface area contributed by atoms with E-state index < -0.39 is 0 Å². The normalized spacial score (nSPS) is 15.9. The van der Waals surface area contributed by atoms with E-state index in [1.165, 1.54) is 0 Å². The Bertz CT molecular complexity index is 833. The molecule has 1 aliphatic heterocycles. The van der Waals surface area contributed by atoms with Gasteiger partial charge in [-0.2, -0.15) is 0 Å². The molecule has 3 rings (SSSR count).